The molecule has 1 fully saturated rings. The van der Waals surface area contributed by atoms with Gasteiger partial charge in [0.25, 0.3) is 5.91 Å². The number of carbonyl (C=O) groups excluding carboxylic acids is 1. The van der Waals surface area contributed by atoms with Crippen LogP contribution in [0.4, 0.5) is 5.69 Å². The van der Waals surface area contributed by atoms with E-state index in [-0.39, 0.29) is 18.2 Å². The number of carbonyl (C=O) groups is 1. The third-order valence-electron chi connectivity index (χ3n) is 5.57. The normalized spacial score (nSPS) is 20.7. The molecule has 0 saturated carbocycles. The van der Waals surface area contributed by atoms with Crippen LogP contribution >= 0.6 is 11.3 Å². The third kappa shape index (κ3) is 3.55. The second-order valence-corrected chi connectivity index (χ2v) is 8.35. The van der Waals surface area contributed by atoms with Gasteiger partial charge in [0.1, 0.15) is 16.9 Å². The molecule has 2 aliphatic heterocycles. The number of hydrogen-bond donors (Lipinski definition) is 1. The number of para-hydroxylation sites is 1. The summed E-state index contributed by atoms with van der Waals surface area (Å²) in [5.41, 5.74) is 3.36. The van der Waals surface area contributed by atoms with Gasteiger partial charge < -0.3 is 19.7 Å². The second-order valence-electron chi connectivity index (χ2n) is 7.49. The first kappa shape index (κ1) is 19.1. The van der Waals surface area contributed by atoms with Gasteiger partial charge in [-0.25, -0.2) is 4.98 Å². The largest absolute Gasteiger partial charge is 0.497 e. The fourth-order valence-electron chi connectivity index (χ4n) is 4.02. The van der Waals surface area contributed by atoms with E-state index in [1.165, 1.54) is 0 Å². The van der Waals surface area contributed by atoms with Crippen LogP contribution in [-0.4, -0.2) is 42.2 Å². The lowest BCUT2D eigenvalue weighted by Crippen LogP contribution is -2.46. The second kappa shape index (κ2) is 8.08. The number of fused-ring (bicyclic) bond motifs is 1. The zero-order valence-electron chi connectivity index (χ0n) is 16.7. The summed E-state index contributed by atoms with van der Waals surface area (Å²) in [6, 6.07) is 15.5. The van der Waals surface area contributed by atoms with E-state index in [4.69, 9.17) is 14.5 Å². The Morgan fingerprint density at radius 3 is 3.00 bits per heavy atom. The summed E-state index contributed by atoms with van der Waals surface area (Å²) in [6.45, 7) is 1.31. The Kier molecular flexibility index (Phi) is 5.14. The summed E-state index contributed by atoms with van der Waals surface area (Å²) in [5.74, 6) is 0.810. The highest BCUT2D eigenvalue weighted by Gasteiger charge is 2.36. The maximum atomic E-state index is 13.3. The van der Waals surface area contributed by atoms with Crippen molar-refractivity contribution in [3.8, 4) is 16.3 Å². The van der Waals surface area contributed by atoms with Crippen LogP contribution in [0.25, 0.3) is 10.6 Å². The molecule has 6 nitrogen and oxygen atoms in total. The van der Waals surface area contributed by atoms with Gasteiger partial charge in [-0.2, -0.15) is 0 Å². The van der Waals surface area contributed by atoms with Gasteiger partial charge in [0.05, 0.1) is 24.5 Å². The van der Waals surface area contributed by atoms with E-state index in [0.29, 0.717) is 12.1 Å². The molecule has 1 N–H and O–H groups in total. The molecule has 3 heterocycles. The molecular weight excluding hydrogens is 398 g/mol. The molecule has 3 aromatic rings. The number of anilines is 1. The highest BCUT2D eigenvalue weighted by Crippen LogP contribution is 2.36. The van der Waals surface area contributed by atoms with Crippen LogP contribution in [0.2, 0.25) is 0 Å². The van der Waals surface area contributed by atoms with Gasteiger partial charge in [0.2, 0.25) is 0 Å². The first-order chi connectivity index (χ1) is 14.7. The number of thiazole rings is 1. The zero-order chi connectivity index (χ0) is 20.5. The van der Waals surface area contributed by atoms with Crippen molar-refractivity contribution >= 4 is 22.9 Å². The van der Waals surface area contributed by atoms with Crippen LogP contribution in [0.5, 0.6) is 5.75 Å². The van der Waals surface area contributed by atoms with Crippen LogP contribution in [-0.2, 0) is 4.74 Å². The zero-order valence-corrected chi connectivity index (χ0v) is 17.5. The molecule has 30 heavy (non-hydrogen) atoms. The van der Waals surface area contributed by atoms with Crippen molar-refractivity contribution in [2.75, 3.05) is 25.6 Å². The van der Waals surface area contributed by atoms with Crippen molar-refractivity contribution in [1.82, 2.24) is 9.88 Å². The van der Waals surface area contributed by atoms with E-state index < -0.39 is 0 Å². The minimum Gasteiger partial charge on any atom is -0.497 e. The molecule has 0 spiro atoms. The van der Waals surface area contributed by atoms with Gasteiger partial charge in [0, 0.05) is 29.8 Å². The number of benzene rings is 2. The Labute approximate surface area is 179 Å². The number of rotatable bonds is 5. The molecule has 1 aromatic heterocycles. The molecule has 1 amide bonds. The fraction of sp³-hybridized carbons (Fsp3) is 0.304. The van der Waals surface area contributed by atoms with Gasteiger partial charge >= 0.3 is 0 Å². The molecule has 2 aliphatic rings. The van der Waals surface area contributed by atoms with Gasteiger partial charge in [-0.15, -0.1) is 11.3 Å². The highest BCUT2D eigenvalue weighted by atomic mass is 32.1. The van der Waals surface area contributed by atoms with E-state index in [0.717, 1.165) is 47.2 Å². The molecule has 0 aliphatic carbocycles. The van der Waals surface area contributed by atoms with Crippen LogP contribution in [0.15, 0.2) is 53.9 Å². The van der Waals surface area contributed by atoms with Crippen molar-refractivity contribution in [2.24, 2.45) is 0 Å². The van der Waals surface area contributed by atoms with Crippen molar-refractivity contribution in [1.29, 1.82) is 0 Å². The molecule has 1 saturated heterocycles. The topological polar surface area (TPSA) is 63.7 Å². The van der Waals surface area contributed by atoms with E-state index in [9.17, 15) is 4.79 Å². The first-order valence-corrected chi connectivity index (χ1v) is 11.0. The van der Waals surface area contributed by atoms with Crippen LogP contribution in [0.3, 0.4) is 0 Å². The van der Waals surface area contributed by atoms with Gasteiger partial charge in [-0.1, -0.05) is 24.3 Å². The minimum absolute atomic E-state index is 0.0146. The lowest BCUT2D eigenvalue weighted by Gasteiger charge is -2.38. The average molecular weight is 422 g/mol. The molecule has 154 valence electrons. The summed E-state index contributed by atoms with van der Waals surface area (Å²) in [7, 11) is 1.66. The number of methoxy groups -OCH3 is 1. The molecule has 0 radical (unpaired) electrons. The summed E-state index contributed by atoms with van der Waals surface area (Å²) in [4.78, 5) is 20.1. The first-order valence-electron chi connectivity index (χ1n) is 10.1. The number of nitrogens with one attached hydrogen (secondary N) is 1. The Hall–Kier alpha value is -2.90. The molecule has 2 aromatic carbocycles. The van der Waals surface area contributed by atoms with Crippen molar-refractivity contribution in [2.45, 2.75) is 25.1 Å². The number of ether oxygens (including phenoxy) is 2. The molecular formula is C23H23N3O3S. The summed E-state index contributed by atoms with van der Waals surface area (Å²) in [5, 5.41) is 6.45. The predicted octanol–water partition coefficient (Wildman–Crippen LogP) is 4.56. The quantitative estimate of drug-likeness (QED) is 0.654. The molecule has 0 bridgehead atoms. The van der Waals surface area contributed by atoms with Crippen molar-refractivity contribution in [3.05, 3.63) is 65.2 Å². The molecule has 2 atom stereocenters. The number of aromatic nitrogens is 1. The Morgan fingerprint density at radius 1 is 1.27 bits per heavy atom. The fourth-order valence-corrected chi connectivity index (χ4v) is 4.86. The maximum Gasteiger partial charge on any atom is 0.257 e. The summed E-state index contributed by atoms with van der Waals surface area (Å²) >= 11 is 1.57. The average Bonchev–Trinajstić information content (AvgIpc) is 3.48. The number of hydrogen-bond acceptors (Lipinski definition) is 6. The van der Waals surface area contributed by atoms with Crippen molar-refractivity contribution < 1.29 is 14.3 Å². The van der Waals surface area contributed by atoms with E-state index in [1.807, 2.05) is 58.8 Å². The number of nitrogens with zero attached hydrogens (tertiary/aromatic N) is 2. The summed E-state index contributed by atoms with van der Waals surface area (Å²) in [6.07, 6.45) is 1.76. The lowest BCUT2D eigenvalue weighted by molar-refractivity contribution is 0.0423. The highest BCUT2D eigenvalue weighted by molar-refractivity contribution is 7.13. The van der Waals surface area contributed by atoms with Gasteiger partial charge in [0.15, 0.2) is 0 Å². The standard InChI is InChI=1S/C23H23N3O3S/c1-28-16-7-4-6-15(12-16)22-25-20(14-30-22)21-24-19-10-3-2-9-18(19)23(27)26(21)13-17-8-5-11-29-17/h2-4,6-7,9-10,12,14,17,21,24H,5,8,11,13H2,1H3/t17-,21-/m0/s1. The minimum atomic E-state index is -0.327. The Balaban J connectivity index is 1.49. The third-order valence-corrected chi connectivity index (χ3v) is 6.47. The SMILES string of the molecule is COc1cccc(-c2nc([C@H]3Nc4ccccc4C(=O)N3C[C@@H]3CCCO3)cs2)c1. The van der Waals surface area contributed by atoms with Crippen LogP contribution < -0.4 is 10.1 Å². The van der Waals surface area contributed by atoms with Crippen LogP contribution in [0.1, 0.15) is 35.1 Å². The van der Waals surface area contributed by atoms with E-state index >= 15 is 0 Å². The smallest absolute Gasteiger partial charge is 0.257 e. The molecule has 7 heteroatoms. The summed E-state index contributed by atoms with van der Waals surface area (Å²) < 4.78 is 11.2. The van der Waals surface area contributed by atoms with Gasteiger partial charge in [-0.3, -0.25) is 4.79 Å². The monoisotopic (exact) mass is 421 g/mol. The predicted molar refractivity (Wildman–Crippen MR) is 117 cm³/mol. The van der Waals surface area contributed by atoms with Gasteiger partial charge in [-0.05, 0) is 37.1 Å². The van der Waals surface area contributed by atoms with Crippen LogP contribution in [0, 0.1) is 0 Å². The maximum absolute atomic E-state index is 13.3. The Bertz CT molecular complexity index is 1060. The Morgan fingerprint density at radius 2 is 2.17 bits per heavy atom. The lowest BCUT2D eigenvalue weighted by atomic mass is 10.1. The van der Waals surface area contributed by atoms with Crippen molar-refractivity contribution in [3.63, 3.8) is 0 Å². The van der Waals surface area contributed by atoms with E-state index in [2.05, 4.69) is 5.32 Å². The molecule has 0 unspecified atom stereocenters. The number of amides is 1. The molecule has 5 rings (SSSR count). The van der Waals surface area contributed by atoms with E-state index in [1.54, 1.807) is 18.4 Å².